The zero-order valence-electron chi connectivity index (χ0n) is 8.26. The molecular weight excluding hydrogens is 270 g/mol. The van der Waals surface area contributed by atoms with Crippen LogP contribution in [0, 0.1) is 11.3 Å². The lowest BCUT2D eigenvalue weighted by Crippen LogP contribution is -2.06. The van der Waals surface area contributed by atoms with Gasteiger partial charge in [0.25, 0.3) is 0 Å². The van der Waals surface area contributed by atoms with E-state index >= 15 is 0 Å². The van der Waals surface area contributed by atoms with Crippen molar-refractivity contribution < 1.29 is 0 Å². The summed E-state index contributed by atoms with van der Waals surface area (Å²) in [5.41, 5.74) is 6.91. The van der Waals surface area contributed by atoms with Gasteiger partial charge < -0.3 is 5.73 Å². The smallest absolute Gasteiger partial charge is 0.206 e. The highest BCUT2D eigenvalue weighted by Gasteiger charge is 2.08. The van der Waals surface area contributed by atoms with E-state index in [1.165, 1.54) is 4.68 Å². The molecule has 0 amide bonds. The van der Waals surface area contributed by atoms with Gasteiger partial charge in [-0.15, -0.1) is 5.10 Å². The van der Waals surface area contributed by atoms with Crippen molar-refractivity contribution in [1.82, 2.24) is 15.0 Å². The number of nitrogens with zero attached hydrogens (tertiary/aromatic N) is 4. The molecule has 6 heteroatoms. The van der Waals surface area contributed by atoms with E-state index < -0.39 is 0 Å². The van der Waals surface area contributed by atoms with Gasteiger partial charge in [0.1, 0.15) is 6.07 Å². The standard InChI is InChI=1S/C10H8BrN5/c11-8-3-1-7(2-4-8)6-16-10(13)9(5-12)14-15-16/h1-4H,6,13H2. The molecule has 1 aromatic carbocycles. The van der Waals surface area contributed by atoms with Gasteiger partial charge in [0.15, 0.2) is 5.82 Å². The average Bonchev–Trinajstić information content (AvgIpc) is 2.63. The van der Waals surface area contributed by atoms with Crippen molar-refractivity contribution in [2.75, 3.05) is 5.73 Å². The van der Waals surface area contributed by atoms with Gasteiger partial charge in [0.2, 0.25) is 5.69 Å². The molecule has 1 heterocycles. The molecule has 16 heavy (non-hydrogen) atoms. The Morgan fingerprint density at radius 2 is 2.06 bits per heavy atom. The Kier molecular flexibility index (Phi) is 2.88. The first kappa shape index (κ1) is 10.6. The summed E-state index contributed by atoms with van der Waals surface area (Å²) in [6.45, 7) is 0.508. The van der Waals surface area contributed by atoms with Gasteiger partial charge in [0, 0.05) is 4.47 Å². The highest BCUT2D eigenvalue weighted by atomic mass is 79.9. The number of aromatic nitrogens is 3. The fourth-order valence-corrected chi connectivity index (χ4v) is 1.54. The van der Waals surface area contributed by atoms with Crippen molar-refractivity contribution >= 4 is 21.7 Å². The SMILES string of the molecule is N#Cc1nnn(Cc2ccc(Br)cc2)c1N. The van der Waals surface area contributed by atoms with E-state index in [1.54, 1.807) is 0 Å². The Labute approximate surface area is 101 Å². The molecule has 0 saturated heterocycles. The summed E-state index contributed by atoms with van der Waals surface area (Å²) >= 11 is 3.36. The van der Waals surface area contributed by atoms with E-state index in [2.05, 4.69) is 26.2 Å². The zero-order valence-corrected chi connectivity index (χ0v) is 9.85. The minimum atomic E-state index is 0.164. The molecule has 0 fully saturated rings. The Balaban J connectivity index is 2.24. The summed E-state index contributed by atoms with van der Waals surface area (Å²) < 4.78 is 2.52. The second kappa shape index (κ2) is 4.33. The monoisotopic (exact) mass is 277 g/mol. The molecule has 5 nitrogen and oxygen atoms in total. The molecule has 0 unspecified atom stereocenters. The predicted molar refractivity (Wildman–Crippen MR) is 62.4 cm³/mol. The number of nitriles is 1. The van der Waals surface area contributed by atoms with E-state index in [0.717, 1.165) is 10.0 Å². The lowest BCUT2D eigenvalue weighted by Gasteiger charge is -2.02. The molecule has 0 radical (unpaired) electrons. The van der Waals surface area contributed by atoms with Gasteiger partial charge in [-0.25, -0.2) is 4.68 Å². The molecule has 1 aromatic heterocycles. The summed E-state index contributed by atoms with van der Waals surface area (Å²) in [7, 11) is 0. The Bertz CT molecular complexity index is 537. The number of nitrogen functional groups attached to an aromatic ring is 1. The average molecular weight is 278 g/mol. The second-order valence-corrected chi connectivity index (χ2v) is 4.13. The van der Waals surface area contributed by atoms with Gasteiger partial charge in [-0.05, 0) is 17.7 Å². The molecule has 80 valence electrons. The van der Waals surface area contributed by atoms with Crippen LogP contribution in [0.1, 0.15) is 11.3 Å². The maximum atomic E-state index is 8.68. The van der Waals surface area contributed by atoms with Gasteiger partial charge in [-0.3, -0.25) is 0 Å². The summed E-state index contributed by atoms with van der Waals surface area (Å²) in [4.78, 5) is 0. The lowest BCUT2D eigenvalue weighted by atomic mass is 10.2. The number of rotatable bonds is 2. The highest BCUT2D eigenvalue weighted by molar-refractivity contribution is 9.10. The topological polar surface area (TPSA) is 80.5 Å². The molecule has 0 saturated carbocycles. The van der Waals surface area contributed by atoms with Crippen LogP contribution in [-0.2, 0) is 6.54 Å². The maximum Gasteiger partial charge on any atom is 0.206 e. The number of hydrogen-bond acceptors (Lipinski definition) is 4. The molecule has 0 aliphatic carbocycles. The second-order valence-electron chi connectivity index (χ2n) is 3.22. The third kappa shape index (κ3) is 2.04. The van der Waals surface area contributed by atoms with Crippen LogP contribution in [0.15, 0.2) is 28.7 Å². The molecule has 2 rings (SSSR count). The van der Waals surface area contributed by atoms with Crippen LogP contribution in [0.3, 0.4) is 0 Å². The van der Waals surface area contributed by atoms with Gasteiger partial charge >= 0.3 is 0 Å². The maximum absolute atomic E-state index is 8.68. The van der Waals surface area contributed by atoms with Crippen molar-refractivity contribution in [3.8, 4) is 6.07 Å². The van der Waals surface area contributed by atoms with Crippen LogP contribution in [0.2, 0.25) is 0 Å². The van der Waals surface area contributed by atoms with Crippen molar-refractivity contribution in [1.29, 1.82) is 5.26 Å². The van der Waals surface area contributed by atoms with E-state index in [0.29, 0.717) is 12.4 Å². The van der Waals surface area contributed by atoms with Crippen molar-refractivity contribution in [2.24, 2.45) is 0 Å². The third-order valence-electron chi connectivity index (χ3n) is 2.12. The minimum Gasteiger partial charge on any atom is -0.381 e. The van der Waals surface area contributed by atoms with Crippen molar-refractivity contribution in [3.63, 3.8) is 0 Å². The highest BCUT2D eigenvalue weighted by Crippen LogP contribution is 2.13. The zero-order chi connectivity index (χ0) is 11.5. The van der Waals surface area contributed by atoms with Crippen LogP contribution >= 0.6 is 15.9 Å². The van der Waals surface area contributed by atoms with Crippen LogP contribution in [0.5, 0.6) is 0 Å². The fraction of sp³-hybridized carbons (Fsp3) is 0.100. The molecule has 0 aliphatic rings. The largest absolute Gasteiger partial charge is 0.381 e. The third-order valence-corrected chi connectivity index (χ3v) is 2.65. The molecule has 2 aromatic rings. The fourth-order valence-electron chi connectivity index (χ4n) is 1.28. The number of hydrogen-bond donors (Lipinski definition) is 1. The normalized spacial score (nSPS) is 10.0. The van der Waals surface area contributed by atoms with Crippen molar-refractivity contribution in [3.05, 3.63) is 40.0 Å². The van der Waals surface area contributed by atoms with Crippen LogP contribution < -0.4 is 5.73 Å². The lowest BCUT2D eigenvalue weighted by molar-refractivity contribution is 0.657. The quantitative estimate of drug-likeness (QED) is 0.903. The first-order valence-corrected chi connectivity index (χ1v) is 5.33. The van der Waals surface area contributed by atoms with Crippen LogP contribution in [0.4, 0.5) is 5.82 Å². The molecular formula is C10H8BrN5. The molecule has 0 spiro atoms. The molecule has 0 bridgehead atoms. The van der Waals surface area contributed by atoms with Gasteiger partial charge in [0.05, 0.1) is 6.54 Å². The van der Waals surface area contributed by atoms with Crippen LogP contribution in [0.25, 0.3) is 0 Å². The van der Waals surface area contributed by atoms with E-state index in [-0.39, 0.29) is 5.69 Å². The molecule has 0 aliphatic heterocycles. The molecule has 0 atom stereocenters. The number of halogens is 1. The Morgan fingerprint density at radius 1 is 1.38 bits per heavy atom. The summed E-state index contributed by atoms with van der Waals surface area (Å²) in [6.07, 6.45) is 0. The number of benzene rings is 1. The van der Waals surface area contributed by atoms with E-state index in [4.69, 9.17) is 11.0 Å². The summed E-state index contributed by atoms with van der Waals surface area (Å²) in [5.74, 6) is 0.297. The number of anilines is 1. The van der Waals surface area contributed by atoms with Crippen molar-refractivity contribution in [2.45, 2.75) is 6.54 Å². The Hall–Kier alpha value is -1.87. The molecule has 2 N–H and O–H groups in total. The Morgan fingerprint density at radius 3 is 2.62 bits per heavy atom. The predicted octanol–water partition coefficient (Wildman–Crippen LogP) is 1.54. The first-order valence-electron chi connectivity index (χ1n) is 4.54. The van der Waals surface area contributed by atoms with Gasteiger partial charge in [-0.1, -0.05) is 33.3 Å². The summed E-state index contributed by atoms with van der Waals surface area (Å²) in [5, 5.41) is 16.2. The first-order chi connectivity index (χ1) is 7.70. The minimum absolute atomic E-state index is 0.164. The number of nitrogens with two attached hydrogens (primary N) is 1. The van der Waals surface area contributed by atoms with Gasteiger partial charge in [-0.2, -0.15) is 5.26 Å². The van der Waals surface area contributed by atoms with Crippen LogP contribution in [-0.4, -0.2) is 15.0 Å². The van der Waals surface area contributed by atoms with E-state index in [9.17, 15) is 0 Å². The summed E-state index contributed by atoms with van der Waals surface area (Å²) in [6, 6.07) is 9.67. The van der Waals surface area contributed by atoms with E-state index in [1.807, 2.05) is 30.3 Å².